The molecule has 0 aliphatic carbocycles. The van der Waals surface area contributed by atoms with Gasteiger partial charge in [0.1, 0.15) is 5.82 Å². The molecule has 3 N–H and O–H groups in total. The van der Waals surface area contributed by atoms with Crippen LogP contribution >= 0.6 is 11.6 Å². The zero-order valence-electron chi connectivity index (χ0n) is 18.2. The number of morpholine rings is 1. The summed E-state index contributed by atoms with van der Waals surface area (Å²) >= 11 is 6.12. The molecule has 9 heteroatoms. The predicted octanol–water partition coefficient (Wildman–Crippen LogP) is 3.52. The molecule has 3 heterocycles. The Morgan fingerprint density at radius 3 is 2.52 bits per heavy atom. The number of aromatic nitrogens is 4. The zero-order chi connectivity index (χ0) is 22.6. The van der Waals surface area contributed by atoms with E-state index in [-0.39, 0.29) is 0 Å². The number of benzene rings is 2. The second kappa shape index (κ2) is 9.74. The standard InChI is InChI=1S/C24H26ClN7O/c25-19-8-6-18(7-9-19)21-20-22(26)32(16-17-4-2-1-3-5-17)30-23(20)29-24(28-21)27-10-11-31-12-14-33-15-13-31/h1-9H,10-16,26H2,(H,27,29,30). The number of fused-ring (bicyclic) bond motifs is 1. The molecule has 1 saturated heterocycles. The maximum absolute atomic E-state index is 6.56. The topological polar surface area (TPSA) is 94.1 Å². The highest BCUT2D eigenvalue weighted by Crippen LogP contribution is 2.32. The molecule has 2 aromatic heterocycles. The molecular weight excluding hydrogens is 438 g/mol. The predicted molar refractivity (Wildman–Crippen MR) is 131 cm³/mol. The monoisotopic (exact) mass is 463 g/mol. The van der Waals surface area contributed by atoms with Crippen molar-refractivity contribution in [2.45, 2.75) is 6.54 Å². The van der Waals surface area contributed by atoms with Crippen molar-refractivity contribution in [3.63, 3.8) is 0 Å². The van der Waals surface area contributed by atoms with Crippen molar-refractivity contribution in [2.24, 2.45) is 0 Å². The largest absolute Gasteiger partial charge is 0.383 e. The van der Waals surface area contributed by atoms with Gasteiger partial charge in [0.2, 0.25) is 5.95 Å². The summed E-state index contributed by atoms with van der Waals surface area (Å²) in [5.74, 6) is 1.07. The molecule has 4 aromatic rings. The SMILES string of the molecule is Nc1c2c(-c3ccc(Cl)cc3)nc(NCCN3CCOCC3)nc2nn1Cc1ccccc1. The van der Waals surface area contributed by atoms with Crippen LogP contribution in [0.3, 0.4) is 0 Å². The summed E-state index contributed by atoms with van der Waals surface area (Å²) in [6.07, 6.45) is 0. The van der Waals surface area contributed by atoms with Crippen LogP contribution in [0.4, 0.5) is 11.8 Å². The average molecular weight is 464 g/mol. The van der Waals surface area contributed by atoms with Crippen molar-refractivity contribution in [2.75, 3.05) is 50.4 Å². The van der Waals surface area contributed by atoms with Gasteiger partial charge in [0.05, 0.1) is 30.8 Å². The second-order valence-electron chi connectivity index (χ2n) is 8.01. The highest BCUT2D eigenvalue weighted by atomic mass is 35.5. The average Bonchev–Trinajstić information content (AvgIpc) is 3.15. The van der Waals surface area contributed by atoms with Crippen LogP contribution in [0.25, 0.3) is 22.3 Å². The molecule has 2 aromatic carbocycles. The Morgan fingerprint density at radius 2 is 1.76 bits per heavy atom. The molecule has 0 bridgehead atoms. The summed E-state index contributed by atoms with van der Waals surface area (Å²) in [7, 11) is 0. The maximum Gasteiger partial charge on any atom is 0.225 e. The molecule has 0 unspecified atom stereocenters. The number of nitrogens with two attached hydrogens (primary N) is 1. The van der Waals surface area contributed by atoms with Crippen LogP contribution in [-0.2, 0) is 11.3 Å². The molecule has 1 aliphatic heterocycles. The Hall–Kier alpha value is -3.20. The number of nitrogens with zero attached hydrogens (tertiary/aromatic N) is 5. The molecule has 170 valence electrons. The molecule has 1 aliphatic rings. The number of anilines is 2. The highest BCUT2D eigenvalue weighted by Gasteiger charge is 2.19. The van der Waals surface area contributed by atoms with E-state index >= 15 is 0 Å². The Bertz CT molecular complexity index is 1220. The number of hydrogen-bond acceptors (Lipinski definition) is 7. The van der Waals surface area contributed by atoms with E-state index in [0.717, 1.165) is 61.6 Å². The minimum atomic E-state index is 0.532. The summed E-state index contributed by atoms with van der Waals surface area (Å²) in [5.41, 5.74) is 9.89. The van der Waals surface area contributed by atoms with Crippen LogP contribution in [0, 0.1) is 0 Å². The van der Waals surface area contributed by atoms with Crippen molar-refractivity contribution < 1.29 is 4.74 Å². The molecule has 8 nitrogen and oxygen atoms in total. The van der Waals surface area contributed by atoms with Crippen molar-refractivity contribution in [1.82, 2.24) is 24.6 Å². The quantitative estimate of drug-likeness (QED) is 0.433. The first-order valence-corrected chi connectivity index (χ1v) is 11.4. The molecule has 0 amide bonds. The lowest BCUT2D eigenvalue weighted by Crippen LogP contribution is -2.39. The van der Waals surface area contributed by atoms with Gasteiger partial charge in [0, 0.05) is 36.8 Å². The maximum atomic E-state index is 6.56. The third kappa shape index (κ3) is 4.93. The van der Waals surface area contributed by atoms with Gasteiger partial charge in [-0.2, -0.15) is 4.98 Å². The van der Waals surface area contributed by atoms with E-state index in [1.54, 1.807) is 4.68 Å². The molecule has 5 rings (SSSR count). The van der Waals surface area contributed by atoms with E-state index in [2.05, 4.69) is 27.3 Å². The van der Waals surface area contributed by atoms with Crippen LogP contribution < -0.4 is 11.1 Å². The fourth-order valence-electron chi connectivity index (χ4n) is 3.98. The number of nitrogen functional groups attached to an aromatic ring is 1. The molecule has 0 spiro atoms. The van der Waals surface area contributed by atoms with E-state index in [9.17, 15) is 0 Å². The van der Waals surface area contributed by atoms with Gasteiger partial charge in [-0.25, -0.2) is 9.67 Å². The van der Waals surface area contributed by atoms with Crippen molar-refractivity contribution in [3.05, 3.63) is 65.2 Å². The van der Waals surface area contributed by atoms with Gasteiger partial charge in [0.15, 0.2) is 5.65 Å². The molecular formula is C24H26ClN7O. The minimum absolute atomic E-state index is 0.532. The number of halogens is 1. The van der Waals surface area contributed by atoms with Crippen LogP contribution in [-0.4, -0.2) is 64.0 Å². The third-order valence-electron chi connectivity index (χ3n) is 5.75. The number of nitrogens with one attached hydrogen (secondary N) is 1. The lowest BCUT2D eigenvalue weighted by Gasteiger charge is -2.26. The molecule has 0 atom stereocenters. The Kier molecular flexibility index (Phi) is 6.39. The third-order valence-corrected chi connectivity index (χ3v) is 6.00. The highest BCUT2D eigenvalue weighted by molar-refractivity contribution is 6.30. The summed E-state index contributed by atoms with van der Waals surface area (Å²) in [6, 6.07) is 17.7. The van der Waals surface area contributed by atoms with Gasteiger partial charge < -0.3 is 15.8 Å². The van der Waals surface area contributed by atoms with Gasteiger partial charge in [-0.05, 0) is 17.7 Å². The van der Waals surface area contributed by atoms with Crippen molar-refractivity contribution in [3.8, 4) is 11.3 Å². The Balaban J connectivity index is 1.48. The van der Waals surface area contributed by atoms with E-state index in [0.29, 0.717) is 29.0 Å². The number of rotatable bonds is 7. The van der Waals surface area contributed by atoms with E-state index in [4.69, 9.17) is 32.2 Å². The van der Waals surface area contributed by atoms with Crippen molar-refractivity contribution >= 4 is 34.4 Å². The van der Waals surface area contributed by atoms with Crippen LogP contribution in [0.1, 0.15) is 5.56 Å². The Morgan fingerprint density at radius 1 is 1.00 bits per heavy atom. The van der Waals surface area contributed by atoms with Gasteiger partial charge in [-0.3, -0.25) is 4.90 Å². The fraction of sp³-hybridized carbons (Fsp3) is 0.292. The van der Waals surface area contributed by atoms with Crippen molar-refractivity contribution in [1.29, 1.82) is 0 Å². The fourth-order valence-corrected chi connectivity index (χ4v) is 4.10. The lowest BCUT2D eigenvalue weighted by molar-refractivity contribution is 0.0398. The van der Waals surface area contributed by atoms with Crippen LogP contribution in [0.15, 0.2) is 54.6 Å². The smallest absolute Gasteiger partial charge is 0.225 e. The van der Waals surface area contributed by atoms with E-state index in [1.165, 1.54) is 0 Å². The zero-order valence-corrected chi connectivity index (χ0v) is 19.0. The normalized spacial score (nSPS) is 14.6. The molecule has 33 heavy (non-hydrogen) atoms. The van der Waals surface area contributed by atoms with Crippen LogP contribution in [0.2, 0.25) is 5.02 Å². The number of ether oxygens (including phenoxy) is 1. The van der Waals surface area contributed by atoms with E-state index < -0.39 is 0 Å². The molecule has 0 radical (unpaired) electrons. The summed E-state index contributed by atoms with van der Waals surface area (Å²) < 4.78 is 7.21. The van der Waals surface area contributed by atoms with Gasteiger partial charge in [-0.15, -0.1) is 5.10 Å². The first-order chi connectivity index (χ1) is 16.2. The molecule has 0 saturated carbocycles. The minimum Gasteiger partial charge on any atom is -0.383 e. The van der Waals surface area contributed by atoms with Gasteiger partial charge in [0.25, 0.3) is 0 Å². The first-order valence-electron chi connectivity index (χ1n) is 11.1. The Labute approximate surface area is 197 Å². The summed E-state index contributed by atoms with van der Waals surface area (Å²) in [6.45, 7) is 5.62. The number of hydrogen-bond donors (Lipinski definition) is 2. The second-order valence-corrected chi connectivity index (χ2v) is 8.45. The van der Waals surface area contributed by atoms with Crippen LogP contribution in [0.5, 0.6) is 0 Å². The van der Waals surface area contributed by atoms with Gasteiger partial charge in [-0.1, -0.05) is 54.1 Å². The molecule has 1 fully saturated rings. The van der Waals surface area contributed by atoms with E-state index in [1.807, 2.05) is 42.5 Å². The first kappa shape index (κ1) is 21.6. The van der Waals surface area contributed by atoms with Gasteiger partial charge >= 0.3 is 0 Å². The summed E-state index contributed by atoms with van der Waals surface area (Å²) in [5, 5.41) is 9.49. The lowest BCUT2D eigenvalue weighted by atomic mass is 10.1. The summed E-state index contributed by atoms with van der Waals surface area (Å²) in [4.78, 5) is 11.9.